The molecular formula is C28H29NO6. The van der Waals surface area contributed by atoms with Crippen molar-refractivity contribution in [3.05, 3.63) is 83.3 Å². The molecule has 0 spiro atoms. The van der Waals surface area contributed by atoms with Crippen molar-refractivity contribution < 1.29 is 28.6 Å². The van der Waals surface area contributed by atoms with Crippen LogP contribution in [0.15, 0.2) is 70.7 Å². The number of nitrogens with zero attached hydrogens (tertiary/aromatic N) is 1. The maximum atomic E-state index is 13.3. The van der Waals surface area contributed by atoms with Crippen LogP contribution in [0.25, 0.3) is 5.76 Å². The SMILES string of the molecule is CCOc1ccc(N2C(=O)C(=O)/C(=C(\O)c3cccc(OCC(C)C)c3)C2c2ccc(C)o2)cc1. The highest BCUT2D eigenvalue weighted by atomic mass is 16.5. The molecule has 182 valence electrons. The molecule has 4 rings (SSSR count). The molecule has 7 nitrogen and oxygen atoms in total. The maximum absolute atomic E-state index is 13.3. The number of furan rings is 1. The molecule has 0 aliphatic carbocycles. The van der Waals surface area contributed by atoms with E-state index in [0.717, 1.165) is 0 Å². The highest BCUT2D eigenvalue weighted by Crippen LogP contribution is 2.43. The lowest BCUT2D eigenvalue weighted by molar-refractivity contribution is -0.132. The Bertz CT molecular complexity index is 1250. The van der Waals surface area contributed by atoms with Gasteiger partial charge in [-0.05, 0) is 68.3 Å². The van der Waals surface area contributed by atoms with Gasteiger partial charge in [0.25, 0.3) is 11.7 Å². The molecule has 35 heavy (non-hydrogen) atoms. The zero-order valence-corrected chi connectivity index (χ0v) is 20.3. The summed E-state index contributed by atoms with van der Waals surface area (Å²) in [4.78, 5) is 27.8. The summed E-state index contributed by atoms with van der Waals surface area (Å²) in [5.41, 5.74) is 0.825. The number of carbonyl (C=O) groups is 2. The van der Waals surface area contributed by atoms with Crippen LogP contribution in [0.5, 0.6) is 11.5 Å². The van der Waals surface area contributed by atoms with Crippen LogP contribution in [-0.4, -0.2) is 30.0 Å². The Hall–Kier alpha value is -4.00. The molecule has 2 heterocycles. The first-order valence-corrected chi connectivity index (χ1v) is 11.6. The lowest BCUT2D eigenvalue weighted by atomic mass is 9.99. The Kier molecular flexibility index (Phi) is 6.96. The summed E-state index contributed by atoms with van der Waals surface area (Å²) in [6.07, 6.45) is 0. The quantitative estimate of drug-likeness (QED) is 0.257. The van der Waals surface area contributed by atoms with Gasteiger partial charge in [0, 0.05) is 11.3 Å². The van der Waals surface area contributed by atoms with E-state index >= 15 is 0 Å². The van der Waals surface area contributed by atoms with Gasteiger partial charge in [0.1, 0.15) is 34.8 Å². The fourth-order valence-corrected chi connectivity index (χ4v) is 3.99. The van der Waals surface area contributed by atoms with Gasteiger partial charge in [-0.3, -0.25) is 14.5 Å². The van der Waals surface area contributed by atoms with Crippen molar-refractivity contribution in [3.63, 3.8) is 0 Å². The predicted molar refractivity (Wildman–Crippen MR) is 133 cm³/mol. The zero-order chi connectivity index (χ0) is 25.1. The first-order valence-electron chi connectivity index (χ1n) is 11.6. The molecule has 1 amide bonds. The number of aliphatic hydroxyl groups is 1. The van der Waals surface area contributed by atoms with E-state index < -0.39 is 17.7 Å². The molecule has 1 fully saturated rings. The number of benzene rings is 2. The molecule has 3 aromatic rings. The molecule has 1 aliphatic heterocycles. The second-order valence-electron chi connectivity index (χ2n) is 8.78. The average Bonchev–Trinajstić information content (AvgIpc) is 3.39. The highest BCUT2D eigenvalue weighted by molar-refractivity contribution is 6.51. The third-order valence-corrected chi connectivity index (χ3v) is 5.59. The van der Waals surface area contributed by atoms with Crippen LogP contribution >= 0.6 is 0 Å². The van der Waals surface area contributed by atoms with Gasteiger partial charge < -0.3 is 19.0 Å². The lowest BCUT2D eigenvalue weighted by Gasteiger charge is -2.23. The molecule has 1 aliphatic rings. The number of Topliss-reactive ketones (excluding diaryl/α,β-unsaturated/α-hetero) is 1. The molecule has 7 heteroatoms. The average molecular weight is 476 g/mol. The maximum Gasteiger partial charge on any atom is 0.300 e. The van der Waals surface area contributed by atoms with Gasteiger partial charge in [-0.25, -0.2) is 0 Å². The summed E-state index contributed by atoms with van der Waals surface area (Å²) in [5, 5.41) is 11.3. The van der Waals surface area contributed by atoms with Gasteiger partial charge >= 0.3 is 0 Å². The summed E-state index contributed by atoms with van der Waals surface area (Å²) in [6.45, 7) is 8.76. The zero-order valence-electron chi connectivity index (χ0n) is 20.3. The molecule has 1 saturated heterocycles. The van der Waals surface area contributed by atoms with Crippen LogP contribution in [0.3, 0.4) is 0 Å². The normalized spacial score (nSPS) is 17.3. The topological polar surface area (TPSA) is 89.2 Å². The van der Waals surface area contributed by atoms with Gasteiger partial charge in [-0.2, -0.15) is 0 Å². The predicted octanol–water partition coefficient (Wildman–Crippen LogP) is 5.65. The summed E-state index contributed by atoms with van der Waals surface area (Å²) in [5.74, 6) is 0.724. The number of ether oxygens (including phenoxy) is 2. The minimum absolute atomic E-state index is 0.0424. The standard InChI is InChI=1S/C28H29NO6/c1-5-33-21-12-10-20(11-13-21)29-25(23-14-9-18(4)35-23)24(27(31)28(29)32)26(30)19-7-6-8-22(15-19)34-16-17(2)3/h6-15,17,25,30H,5,16H2,1-4H3/b26-24-. The van der Waals surface area contributed by atoms with Crippen molar-refractivity contribution >= 4 is 23.1 Å². The number of hydrogen-bond donors (Lipinski definition) is 1. The molecule has 1 N–H and O–H groups in total. The Labute approximate surface area is 204 Å². The molecule has 0 radical (unpaired) electrons. The molecular weight excluding hydrogens is 446 g/mol. The number of ketones is 1. The Morgan fingerprint density at radius 2 is 1.77 bits per heavy atom. The number of hydrogen-bond acceptors (Lipinski definition) is 6. The molecule has 0 saturated carbocycles. The molecule has 0 bridgehead atoms. The van der Waals surface area contributed by atoms with E-state index in [1.54, 1.807) is 67.6 Å². The van der Waals surface area contributed by atoms with Gasteiger partial charge in [0.2, 0.25) is 0 Å². The lowest BCUT2D eigenvalue weighted by Crippen LogP contribution is -2.29. The van der Waals surface area contributed by atoms with E-state index in [2.05, 4.69) is 0 Å². The van der Waals surface area contributed by atoms with Crippen LogP contribution in [0.2, 0.25) is 0 Å². The number of anilines is 1. The van der Waals surface area contributed by atoms with E-state index in [1.165, 1.54) is 4.90 Å². The van der Waals surface area contributed by atoms with E-state index in [-0.39, 0.29) is 11.3 Å². The van der Waals surface area contributed by atoms with Gasteiger partial charge in [0.15, 0.2) is 0 Å². The third-order valence-electron chi connectivity index (χ3n) is 5.59. The monoisotopic (exact) mass is 475 g/mol. The van der Waals surface area contributed by atoms with E-state index in [9.17, 15) is 14.7 Å². The van der Waals surface area contributed by atoms with Crippen molar-refractivity contribution in [3.8, 4) is 11.5 Å². The molecule has 1 aromatic heterocycles. The minimum Gasteiger partial charge on any atom is -0.507 e. The first kappa shape index (κ1) is 24.1. The van der Waals surface area contributed by atoms with Crippen LogP contribution in [0, 0.1) is 12.8 Å². The number of aliphatic hydroxyl groups excluding tert-OH is 1. The largest absolute Gasteiger partial charge is 0.507 e. The Morgan fingerprint density at radius 1 is 1.03 bits per heavy atom. The summed E-state index contributed by atoms with van der Waals surface area (Å²) in [6, 6.07) is 16.3. The van der Waals surface area contributed by atoms with E-state index in [1.807, 2.05) is 20.8 Å². The first-order chi connectivity index (χ1) is 16.8. The van der Waals surface area contributed by atoms with Crippen molar-refractivity contribution in [2.45, 2.75) is 33.7 Å². The highest BCUT2D eigenvalue weighted by Gasteiger charge is 2.48. The summed E-state index contributed by atoms with van der Waals surface area (Å²) >= 11 is 0. The summed E-state index contributed by atoms with van der Waals surface area (Å²) < 4.78 is 17.1. The van der Waals surface area contributed by atoms with Crippen LogP contribution < -0.4 is 14.4 Å². The molecule has 1 atom stereocenters. The van der Waals surface area contributed by atoms with E-state index in [0.29, 0.717) is 53.4 Å². The van der Waals surface area contributed by atoms with Gasteiger partial charge in [-0.1, -0.05) is 26.0 Å². The Morgan fingerprint density at radius 3 is 2.40 bits per heavy atom. The van der Waals surface area contributed by atoms with E-state index in [4.69, 9.17) is 13.9 Å². The second-order valence-corrected chi connectivity index (χ2v) is 8.78. The third kappa shape index (κ3) is 4.94. The minimum atomic E-state index is -0.929. The van der Waals surface area contributed by atoms with Crippen LogP contribution in [0.4, 0.5) is 5.69 Å². The fraction of sp³-hybridized carbons (Fsp3) is 0.286. The fourth-order valence-electron chi connectivity index (χ4n) is 3.99. The smallest absolute Gasteiger partial charge is 0.300 e. The molecule has 2 aromatic carbocycles. The number of carbonyl (C=O) groups excluding carboxylic acids is 2. The Balaban J connectivity index is 1.81. The number of aryl methyl sites for hydroxylation is 1. The van der Waals surface area contributed by atoms with Crippen molar-refractivity contribution in [2.24, 2.45) is 5.92 Å². The number of rotatable bonds is 8. The summed E-state index contributed by atoms with van der Waals surface area (Å²) in [7, 11) is 0. The van der Waals surface area contributed by atoms with Crippen molar-refractivity contribution in [2.75, 3.05) is 18.1 Å². The van der Waals surface area contributed by atoms with Crippen molar-refractivity contribution in [1.29, 1.82) is 0 Å². The van der Waals surface area contributed by atoms with Gasteiger partial charge in [0.05, 0.1) is 18.8 Å². The van der Waals surface area contributed by atoms with Gasteiger partial charge in [-0.15, -0.1) is 0 Å². The van der Waals surface area contributed by atoms with Crippen LogP contribution in [0.1, 0.15) is 43.9 Å². The van der Waals surface area contributed by atoms with Crippen molar-refractivity contribution in [1.82, 2.24) is 0 Å². The number of amides is 1. The van der Waals surface area contributed by atoms with Crippen LogP contribution in [-0.2, 0) is 9.59 Å². The second kappa shape index (κ2) is 10.1. The molecule has 1 unspecified atom stereocenters.